The molecular formula is C3H3BrO3. The number of ketones is 1. The molecule has 1 N–H and O–H groups in total. The van der Waals surface area contributed by atoms with Crippen molar-refractivity contribution in [3.63, 3.8) is 0 Å². The zero-order valence-corrected chi connectivity index (χ0v) is 4.93. The number of carbonyl (C=O) groups excluding carboxylic acids is 1. The number of carboxylic acid groups (broad SMARTS) is 1. The van der Waals surface area contributed by atoms with Crippen molar-refractivity contribution in [2.45, 2.75) is 0 Å². The Bertz CT molecular complexity index is 98.4. The third-order valence-electron chi connectivity index (χ3n) is 0.360. The average molecular weight is 169 g/mol. The summed E-state index contributed by atoms with van der Waals surface area (Å²) in [5.41, 5.74) is 0. The zero-order chi connectivity index (χ0) is 5.86. The van der Waals surface area contributed by atoms with Gasteiger partial charge in [-0.3, -0.25) is 4.79 Å². The van der Waals surface area contributed by atoms with Crippen LogP contribution in [0, 0.1) is 0 Å². The molecule has 4 heteroatoms. The molecule has 0 heterocycles. The van der Waals surface area contributed by atoms with E-state index in [1.54, 1.807) is 0 Å². The van der Waals surface area contributed by atoms with E-state index in [1.165, 1.54) is 0 Å². The Morgan fingerprint density at radius 3 is 2.29 bits per heavy atom. The van der Waals surface area contributed by atoms with E-state index < -0.39 is 11.8 Å². The minimum absolute atomic E-state index is 0.109. The van der Waals surface area contributed by atoms with Gasteiger partial charge in [-0.05, 0) is 0 Å². The molecule has 0 aromatic rings. The lowest BCUT2D eigenvalue weighted by molar-refractivity contribution is -0.147. The predicted molar refractivity (Wildman–Crippen MR) is 26.4 cm³/mol. The van der Waals surface area contributed by atoms with Crippen LogP contribution in [0.3, 0.4) is 0 Å². The number of aliphatic carboxylic acids is 1. The normalized spacial score (nSPS) is 8.14. The topological polar surface area (TPSA) is 54.4 Å². The molecule has 0 aliphatic carbocycles. The first kappa shape index (κ1) is 6.62. The third-order valence-corrected chi connectivity index (χ3v) is 0.869. The molecule has 3 nitrogen and oxygen atoms in total. The SMILES string of the molecule is O=C(CBr)[14C](=O)O. The van der Waals surface area contributed by atoms with Crippen LogP contribution >= 0.6 is 15.9 Å². The highest BCUT2D eigenvalue weighted by atomic mass is 79.9. The maximum Gasteiger partial charge on any atom is 0.373 e. The zero-order valence-electron chi connectivity index (χ0n) is 3.35. The Balaban J connectivity index is 3.58. The fraction of sp³-hybridized carbons (Fsp3) is 0.333. The van der Waals surface area contributed by atoms with Gasteiger partial charge in [-0.1, -0.05) is 15.9 Å². The van der Waals surface area contributed by atoms with Crippen LogP contribution in [-0.4, -0.2) is 22.2 Å². The fourth-order valence-electron chi connectivity index (χ4n) is 0.0572. The van der Waals surface area contributed by atoms with Gasteiger partial charge in [0.2, 0.25) is 5.78 Å². The lowest BCUT2D eigenvalue weighted by Crippen LogP contribution is -2.12. The van der Waals surface area contributed by atoms with E-state index in [9.17, 15) is 9.59 Å². The number of alkyl halides is 1. The largest absolute Gasteiger partial charge is 0.475 e. The van der Waals surface area contributed by atoms with Crippen molar-refractivity contribution in [3.05, 3.63) is 0 Å². The standard InChI is InChI=1S/C3H3BrO3/c4-1-2(5)3(6)7/h1H2,(H,6,7)/i3+2. The summed E-state index contributed by atoms with van der Waals surface area (Å²) in [5.74, 6) is -2.21. The fourth-order valence-corrected chi connectivity index (χ4v) is 0.297. The van der Waals surface area contributed by atoms with E-state index in [0.717, 1.165) is 0 Å². The number of carboxylic acids is 1. The van der Waals surface area contributed by atoms with E-state index in [0.29, 0.717) is 0 Å². The van der Waals surface area contributed by atoms with Gasteiger partial charge in [0.15, 0.2) is 0 Å². The van der Waals surface area contributed by atoms with Gasteiger partial charge in [-0.15, -0.1) is 0 Å². The van der Waals surface area contributed by atoms with Gasteiger partial charge >= 0.3 is 5.97 Å². The van der Waals surface area contributed by atoms with Crippen LogP contribution < -0.4 is 0 Å². The molecule has 0 aromatic carbocycles. The molecule has 7 heavy (non-hydrogen) atoms. The second-order valence-corrected chi connectivity index (χ2v) is 1.42. The van der Waals surface area contributed by atoms with Gasteiger partial charge in [-0.2, -0.15) is 0 Å². The molecule has 0 aromatic heterocycles. The second kappa shape index (κ2) is 2.74. The molecule has 0 aliphatic rings. The molecule has 0 rings (SSSR count). The maximum atomic E-state index is 9.87. The molecule has 0 radical (unpaired) electrons. The summed E-state index contributed by atoms with van der Waals surface area (Å²) in [4.78, 5) is 19.4. The van der Waals surface area contributed by atoms with Crippen molar-refractivity contribution < 1.29 is 14.7 Å². The van der Waals surface area contributed by atoms with Crippen molar-refractivity contribution in [2.75, 3.05) is 5.33 Å². The molecule has 0 bridgehead atoms. The molecule has 0 unspecified atom stereocenters. The Hall–Kier alpha value is -0.380. The first-order chi connectivity index (χ1) is 3.18. The summed E-state index contributed by atoms with van der Waals surface area (Å²) < 4.78 is 0. The Morgan fingerprint density at radius 2 is 2.29 bits per heavy atom. The molecule has 0 saturated carbocycles. The van der Waals surface area contributed by atoms with Crippen molar-refractivity contribution in [2.24, 2.45) is 0 Å². The summed E-state index contributed by atoms with van der Waals surface area (Å²) >= 11 is 2.68. The lowest BCUT2D eigenvalue weighted by Gasteiger charge is -1.79. The molecule has 0 amide bonds. The van der Waals surface area contributed by atoms with Crippen molar-refractivity contribution in [1.82, 2.24) is 0 Å². The van der Waals surface area contributed by atoms with E-state index in [-0.39, 0.29) is 5.33 Å². The molecular weight excluding hydrogens is 166 g/mol. The van der Waals surface area contributed by atoms with E-state index in [2.05, 4.69) is 15.9 Å². The lowest BCUT2D eigenvalue weighted by atomic mass is 10.8. The third kappa shape index (κ3) is 2.33. The molecule has 0 spiro atoms. The number of rotatable bonds is 2. The summed E-state index contributed by atoms with van der Waals surface area (Å²) in [6, 6.07) is 0. The minimum Gasteiger partial charge on any atom is -0.475 e. The monoisotopic (exact) mass is 168 g/mol. The summed E-state index contributed by atoms with van der Waals surface area (Å²) in [7, 11) is 0. The number of hydrogen-bond acceptors (Lipinski definition) is 2. The molecule has 40 valence electrons. The van der Waals surface area contributed by atoms with Crippen molar-refractivity contribution in [3.8, 4) is 0 Å². The minimum atomic E-state index is -1.39. The second-order valence-electron chi connectivity index (χ2n) is 0.862. The van der Waals surface area contributed by atoms with E-state index in [1.807, 2.05) is 0 Å². The van der Waals surface area contributed by atoms with Gasteiger partial charge in [0.25, 0.3) is 0 Å². The van der Waals surface area contributed by atoms with Crippen LogP contribution in [0.2, 0.25) is 0 Å². The molecule has 0 aliphatic heterocycles. The summed E-state index contributed by atoms with van der Waals surface area (Å²) in [6.07, 6.45) is 0. The van der Waals surface area contributed by atoms with Crippen LogP contribution in [0.25, 0.3) is 0 Å². The van der Waals surface area contributed by atoms with Crippen molar-refractivity contribution in [1.29, 1.82) is 0 Å². The molecule has 0 saturated heterocycles. The highest BCUT2D eigenvalue weighted by Crippen LogP contribution is 1.80. The van der Waals surface area contributed by atoms with Gasteiger partial charge < -0.3 is 5.11 Å². The van der Waals surface area contributed by atoms with Gasteiger partial charge in [-0.25, -0.2) is 4.79 Å². The van der Waals surface area contributed by atoms with Crippen LogP contribution in [0.4, 0.5) is 0 Å². The highest BCUT2D eigenvalue weighted by Gasteiger charge is 2.06. The highest BCUT2D eigenvalue weighted by molar-refractivity contribution is 9.09. The molecule has 0 fully saturated rings. The van der Waals surface area contributed by atoms with Crippen LogP contribution in [0.5, 0.6) is 0 Å². The summed E-state index contributed by atoms with van der Waals surface area (Å²) in [6.45, 7) is 0. The van der Waals surface area contributed by atoms with Crippen molar-refractivity contribution >= 4 is 27.7 Å². The van der Waals surface area contributed by atoms with Crippen LogP contribution in [0.1, 0.15) is 0 Å². The molecule has 0 atom stereocenters. The predicted octanol–water partition coefficient (Wildman–Crippen LogP) is 0.0350. The Kier molecular flexibility index (Phi) is 2.59. The number of Topliss-reactive ketones (excluding diaryl/α,β-unsaturated/α-hetero) is 1. The van der Waals surface area contributed by atoms with E-state index in [4.69, 9.17) is 5.11 Å². The maximum absolute atomic E-state index is 9.87. The van der Waals surface area contributed by atoms with Crippen LogP contribution in [-0.2, 0) is 9.59 Å². The van der Waals surface area contributed by atoms with Gasteiger partial charge in [0, 0.05) is 0 Å². The van der Waals surface area contributed by atoms with Crippen LogP contribution in [0.15, 0.2) is 0 Å². The first-order valence-corrected chi connectivity index (χ1v) is 2.62. The quantitative estimate of drug-likeness (QED) is 0.468. The average Bonchev–Trinajstić information content (AvgIpc) is 1.65. The Morgan fingerprint density at radius 1 is 1.86 bits per heavy atom. The summed E-state index contributed by atoms with van der Waals surface area (Å²) in [5, 5.41) is 7.69. The van der Waals surface area contributed by atoms with E-state index >= 15 is 0 Å². The van der Waals surface area contributed by atoms with Gasteiger partial charge in [0.1, 0.15) is 0 Å². The number of halogens is 1. The first-order valence-electron chi connectivity index (χ1n) is 1.50. The van der Waals surface area contributed by atoms with Gasteiger partial charge in [0.05, 0.1) is 5.33 Å². The number of carbonyl (C=O) groups is 2. The Labute approximate surface area is 48.5 Å². The smallest absolute Gasteiger partial charge is 0.373 e. The number of hydrogen-bond donors (Lipinski definition) is 1.